The molecule has 1 aliphatic heterocycles. The molecule has 82 valence electrons. The highest BCUT2D eigenvalue weighted by atomic mass is 79.9. The Kier molecular flexibility index (Phi) is 3.59. The summed E-state index contributed by atoms with van der Waals surface area (Å²) in [5, 5.41) is 3.38. The molecule has 2 heterocycles. The molecule has 1 aromatic heterocycles. The second kappa shape index (κ2) is 4.94. The molecular weight excluding hydrogens is 254 g/mol. The Morgan fingerprint density at radius 3 is 3.07 bits per heavy atom. The first-order valence-electron chi connectivity index (χ1n) is 5.29. The van der Waals surface area contributed by atoms with Crippen LogP contribution in [0.5, 0.6) is 0 Å². The monoisotopic (exact) mass is 269 g/mol. The Morgan fingerprint density at radius 1 is 1.60 bits per heavy atom. The lowest BCUT2D eigenvalue weighted by molar-refractivity contribution is 0.576. The second-order valence-corrected chi connectivity index (χ2v) is 4.99. The van der Waals surface area contributed by atoms with Gasteiger partial charge in [0.1, 0.15) is 5.82 Å². The van der Waals surface area contributed by atoms with E-state index in [0.29, 0.717) is 0 Å². The quantitative estimate of drug-likeness (QED) is 0.909. The fourth-order valence-electron chi connectivity index (χ4n) is 1.94. The number of nitrogens with zero attached hydrogens (tertiary/aromatic N) is 2. The Morgan fingerprint density at radius 2 is 2.47 bits per heavy atom. The summed E-state index contributed by atoms with van der Waals surface area (Å²) >= 11 is 3.39. The molecule has 4 heteroatoms. The number of anilines is 1. The number of rotatable bonds is 3. The predicted molar refractivity (Wildman–Crippen MR) is 66.2 cm³/mol. The molecule has 0 spiro atoms. The number of hydrogen-bond acceptors (Lipinski definition) is 3. The average molecular weight is 270 g/mol. The standard InChI is InChI=1S/C11H16BrN3/c1-15(8-9-4-5-13-6-9)11-3-2-10(12)7-14-11/h2-3,7,9,13H,4-6,8H2,1H3/t9-/m0/s1. The van der Waals surface area contributed by atoms with Crippen LogP contribution in [-0.4, -0.2) is 31.7 Å². The largest absolute Gasteiger partial charge is 0.359 e. The summed E-state index contributed by atoms with van der Waals surface area (Å²) < 4.78 is 1.03. The van der Waals surface area contributed by atoms with Crippen molar-refractivity contribution in [1.29, 1.82) is 0 Å². The van der Waals surface area contributed by atoms with Gasteiger partial charge in [0.25, 0.3) is 0 Å². The lowest BCUT2D eigenvalue weighted by Gasteiger charge is -2.21. The van der Waals surface area contributed by atoms with Crippen molar-refractivity contribution in [2.45, 2.75) is 6.42 Å². The van der Waals surface area contributed by atoms with E-state index < -0.39 is 0 Å². The summed E-state index contributed by atoms with van der Waals surface area (Å²) in [6, 6.07) is 4.08. The van der Waals surface area contributed by atoms with Gasteiger partial charge in [0.2, 0.25) is 0 Å². The van der Waals surface area contributed by atoms with Crippen LogP contribution >= 0.6 is 15.9 Å². The van der Waals surface area contributed by atoms with Crippen molar-refractivity contribution in [3.05, 3.63) is 22.8 Å². The van der Waals surface area contributed by atoms with E-state index >= 15 is 0 Å². The average Bonchev–Trinajstić information content (AvgIpc) is 2.71. The van der Waals surface area contributed by atoms with Gasteiger partial charge in [0.15, 0.2) is 0 Å². The zero-order chi connectivity index (χ0) is 10.7. The first-order valence-corrected chi connectivity index (χ1v) is 6.08. The molecule has 15 heavy (non-hydrogen) atoms. The lowest BCUT2D eigenvalue weighted by atomic mass is 10.1. The Labute approximate surface area is 99.0 Å². The topological polar surface area (TPSA) is 28.2 Å². The summed E-state index contributed by atoms with van der Waals surface area (Å²) in [4.78, 5) is 6.61. The van der Waals surface area contributed by atoms with E-state index in [2.05, 4.69) is 38.2 Å². The van der Waals surface area contributed by atoms with Gasteiger partial charge in [-0.2, -0.15) is 0 Å². The number of hydrogen-bond donors (Lipinski definition) is 1. The maximum atomic E-state index is 4.38. The zero-order valence-electron chi connectivity index (χ0n) is 8.91. The molecule has 0 bridgehead atoms. The van der Waals surface area contributed by atoms with Crippen LogP contribution in [0.2, 0.25) is 0 Å². The van der Waals surface area contributed by atoms with Crippen LogP contribution in [-0.2, 0) is 0 Å². The SMILES string of the molecule is CN(C[C@H]1CCNC1)c1ccc(Br)cn1. The van der Waals surface area contributed by atoms with E-state index in [4.69, 9.17) is 0 Å². The first kappa shape index (κ1) is 10.9. The number of halogens is 1. The third-order valence-corrected chi connectivity index (χ3v) is 3.27. The van der Waals surface area contributed by atoms with E-state index in [1.807, 2.05) is 18.3 Å². The molecule has 3 nitrogen and oxygen atoms in total. The fourth-order valence-corrected chi connectivity index (χ4v) is 2.18. The number of nitrogens with one attached hydrogen (secondary N) is 1. The van der Waals surface area contributed by atoms with Gasteiger partial charge in [-0.1, -0.05) is 0 Å². The molecular formula is C11H16BrN3. The number of aromatic nitrogens is 1. The number of pyridine rings is 1. The summed E-state index contributed by atoms with van der Waals surface area (Å²) in [6.45, 7) is 3.38. The maximum absolute atomic E-state index is 4.38. The van der Waals surface area contributed by atoms with Crippen LogP contribution in [0.3, 0.4) is 0 Å². The van der Waals surface area contributed by atoms with Crippen LogP contribution in [0.15, 0.2) is 22.8 Å². The van der Waals surface area contributed by atoms with Crippen molar-refractivity contribution in [1.82, 2.24) is 10.3 Å². The van der Waals surface area contributed by atoms with Gasteiger partial charge in [-0.15, -0.1) is 0 Å². The zero-order valence-corrected chi connectivity index (χ0v) is 10.5. The normalized spacial score (nSPS) is 20.5. The smallest absolute Gasteiger partial charge is 0.128 e. The van der Waals surface area contributed by atoms with Gasteiger partial charge in [0.05, 0.1) is 0 Å². The van der Waals surface area contributed by atoms with Crippen molar-refractivity contribution in [2.24, 2.45) is 5.92 Å². The predicted octanol–water partition coefficient (Wildman–Crippen LogP) is 1.89. The van der Waals surface area contributed by atoms with Gasteiger partial charge in [-0.25, -0.2) is 4.98 Å². The van der Waals surface area contributed by atoms with E-state index in [-0.39, 0.29) is 0 Å². The molecule has 2 rings (SSSR count). The molecule has 0 saturated carbocycles. The summed E-state index contributed by atoms with van der Waals surface area (Å²) in [6.07, 6.45) is 3.12. The van der Waals surface area contributed by atoms with Gasteiger partial charge >= 0.3 is 0 Å². The molecule has 1 aliphatic rings. The van der Waals surface area contributed by atoms with Crippen LogP contribution in [0.1, 0.15) is 6.42 Å². The minimum Gasteiger partial charge on any atom is -0.359 e. The Bertz CT molecular complexity index is 306. The molecule has 0 radical (unpaired) electrons. The molecule has 0 amide bonds. The summed E-state index contributed by atoms with van der Waals surface area (Å²) in [5.41, 5.74) is 0. The molecule has 1 N–H and O–H groups in total. The van der Waals surface area contributed by atoms with Gasteiger partial charge in [-0.3, -0.25) is 0 Å². The van der Waals surface area contributed by atoms with Crippen LogP contribution in [0.25, 0.3) is 0 Å². The van der Waals surface area contributed by atoms with E-state index in [1.165, 1.54) is 6.42 Å². The Balaban J connectivity index is 1.94. The minimum absolute atomic E-state index is 0.764. The third kappa shape index (κ3) is 2.92. The van der Waals surface area contributed by atoms with Crippen molar-refractivity contribution < 1.29 is 0 Å². The van der Waals surface area contributed by atoms with Crippen molar-refractivity contribution in [3.63, 3.8) is 0 Å². The van der Waals surface area contributed by atoms with Crippen molar-refractivity contribution in [2.75, 3.05) is 31.6 Å². The Hall–Kier alpha value is -0.610. The molecule has 1 fully saturated rings. The van der Waals surface area contributed by atoms with Crippen molar-refractivity contribution in [3.8, 4) is 0 Å². The lowest BCUT2D eigenvalue weighted by Crippen LogP contribution is -2.27. The van der Waals surface area contributed by atoms with Crippen LogP contribution < -0.4 is 10.2 Å². The molecule has 0 unspecified atom stereocenters. The minimum atomic E-state index is 0.764. The van der Waals surface area contributed by atoms with E-state index in [9.17, 15) is 0 Å². The molecule has 1 aromatic rings. The highest BCUT2D eigenvalue weighted by Crippen LogP contribution is 2.16. The summed E-state index contributed by atoms with van der Waals surface area (Å²) in [7, 11) is 2.11. The van der Waals surface area contributed by atoms with Gasteiger partial charge in [-0.05, 0) is 53.5 Å². The molecule has 1 saturated heterocycles. The van der Waals surface area contributed by atoms with Crippen LogP contribution in [0, 0.1) is 5.92 Å². The highest BCUT2D eigenvalue weighted by molar-refractivity contribution is 9.10. The third-order valence-electron chi connectivity index (χ3n) is 2.80. The first-order chi connectivity index (χ1) is 7.25. The fraction of sp³-hybridized carbons (Fsp3) is 0.545. The molecule has 0 aromatic carbocycles. The molecule has 0 aliphatic carbocycles. The van der Waals surface area contributed by atoms with Crippen molar-refractivity contribution >= 4 is 21.7 Å². The maximum Gasteiger partial charge on any atom is 0.128 e. The van der Waals surface area contributed by atoms with Crippen LogP contribution in [0.4, 0.5) is 5.82 Å². The highest BCUT2D eigenvalue weighted by Gasteiger charge is 2.16. The van der Waals surface area contributed by atoms with Gasteiger partial charge < -0.3 is 10.2 Å². The van der Waals surface area contributed by atoms with E-state index in [1.54, 1.807) is 0 Å². The van der Waals surface area contributed by atoms with E-state index in [0.717, 1.165) is 35.8 Å². The van der Waals surface area contributed by atoms with Gasteiger partial charge in [0, 0.05) is 24.3 Å². The molecule has 1 atom stereocenters. The summed E-state index contributed by atoms with van der Waals surface area (Å²) in [5.74, 6) is 1.81. The second-order valence-electron chi connectivity index (χ2n) is 4.07.